The predicted octanol–water partition coefficient (Wildman–Crippen LogP) is 2.87. The Hall–Kier alpha value is -1.76. The molecule has 4 rings (SSSR count). The van der Waals surface area contributed by atoms with Crippen LogP contribution in [0.5, 0.6) is 0 Å². The van der Waals surface area contributed by atoms with Gasteiger partial charge in [0.1, 0.15) is 6.61 Å². The summed E-state index contributed by atoms with van der Waals surface area (Å²) in [5.74, 6) is 1.46. The summed E-state index contributed by atoms with van der Waals surface area (Å²) in [4.78, 5) is 6.85. The standard InChI is InChI=1S/C20H27N3O3/c1-25-14-19-21-18(22-26-19)13-23-12-11-20(24,15-7-3-2-4-8-15)16-9-5-6-10-17(16)23/h2-4,7-8,16-17,24H,5-6,9-14H2,1H3/t16-,17-,20+/m0/s1. The minimum absolute atomic E-state index is 0.248. The fourth-order valence-electron chi connectivity index (χ4n) is 4.77. The van der Waals surface area contributed by atoms with E-state index in [1.54, 1.807) is 7.11 Å². The molecule has 6 nitrogen and oxygen atoms in total. The summed E-state index contributed by atoms with van der Waals surface area (Å²) >= 11 is 0. The lowest BCUT2D eigenvalue weighted by Gasteiger charge is -2.52. The van der Waals surface area contributed by atoms with Gasteiger partial charge in [0.15, 0.2) is 5.82 Å². The molecular weight excluding hydrogens is 330 g/mol. The van der Waals surface area contributed by atoms with Crippen molar-refractivity contribution in [3.63, 3.8) is 0 Å². The molecule has 2 fully saturated rings. The van der Waals surface area contributed by atoms with Gasteiger partial charge < -0.3 is 14.4 Å². The Bertz CT molecular complexity index is 720. The lowest BCUT2D eigenvalue weighted by Crippen LogP contribution is -2.57. The molecule has 1 saturated carbocycles. The van der Waals surface area contributed by atoms with Gasteiger partial charge in [-0.05, 0) is 24.8 Å². The molecular formula is C20H27N3O3. The second-order valence-corrected chi connectivity index (χ2v) is 7.51. The van der Waals surface area contributed by atoms with E-state index in [-0.39, 0.29) is 5.92 Å². The number of likely N-dealkylation sites (tertiary alicyclic amines) is 1. The Balaban J connectivity index is 1.54. The van der Waals surface area contributed by atoms with Crippen molar-refractivity contribution < 1.29 is 14.4 Å². The van der Waals surface area contributed by atoms with E-state index >= 15 is 0 Å². The van der Waals surface area contributed by atoms with Gasteiger partial charge in [-0.15, -0.1) is 0 Å². The molecule has 2 aromatic rings. The monoisotopic (exact) mass is 357 g/mol. The Morgan fingerprint density at radius 3 is 2.88 bits per heavy atom. The van der Waals surface area contributed by atoms with Gasteiger partial charge in [0, 0.05) is 25.6 Å². The molecule has 0 spiro atoms. The summed E-state index contributed by atoms with van der Waals surface area (Å²) in [6.07, 6.45) is 5.31. The number of aromatic nitrogens is 2. The van der Waals surface area contributed by atoms with Crippen molar-refractivity contribution in [3.8, 4) is 0 Å². The molecule has 2 aliphatic rings. The third-order valence-corrected chi connectivity index (χ3v) is 5.99. The number of methoxy groups -OCH3 is 1. The number of hydrogen-bond acceptors (Lipinski definition) is 6. The van der Waals surface area contributed by atoms with Crippen molar-refractivity contribution in [2.45, 2.75) is 56.9 Å². The third kappa shape index (κ3) is 3.29. The topological polar surface area (TPSA) is 71.6 Å². The van der Waals surface area contributed by atoms with Crippen LogP contribution in [0.4, 0.5) is 0 Å². The van der Waals surface area contributed by atoms with Crippen molar-refractivity contribution in [1.82, 2.24) is 15.0 Å². The van der Waals surface area contributed by atoms with Crippen molar-refractivity contribution in [2.24, 2.45) is 5.92 Å². The van der Waals surface area contributed by atoms with Crippen molar-refractivity contribution in [1.29, 1.82) is 0 Å². The molecule has 6 heteroatoms. The number of piperidine rings is 1. The molecule has 1 aliphatic carbocycles. The van der Waals surface area contributed by atoms with E-state index in [0.29, 0.717) is 30.9 Å². The van der Waals surface area contributed by atoms with Crippen molar-refractivity contribution in [2.75, 3.05) is 13.7 Å². The lowest BCUT2D eigenvalue weighted by molar-refractivity contribution is -0.123. The summed E-state index contributed by atoms with van der Waals surface area (Å²) < 4.78 is 10.3. The zero-order chi connectivity index (χ0) is 18.0. The first kappa shape index (κ1) is 17.6. The van der Waals surface area contributed by atoms with E-state index in [0.717, 1.165) is 31.4 Å². The molecule has 3 atom stereocenters. The van der Waals surface area contributed by atoms with Crippen LogP contribution in [0.3, 0.4) is 0 Å². The minimum Gasteiger partial charge on any atom is -0.385 e. The van der Waals surface area contributed by atoms with Crippen LogP contribution < -0.4 is 0 Å². The molecule has 0 bridgehead atoms. The maximum absolute atomic E-state index is 11.6. The van der Waals surface area contributed by atoms with Gasteiger partial charge in [0.25, 0.3) is 5.89 Å². The van der Waals surface area contributed by atoms with Gasteiger partial charge >= 0.3 is 0 Å². The molecule has 1 aliphatic heterocycles. The van der Waals surface area contributed by atoms with Crippen LogP contribution in [0.2, 0.25) is 0 Å². The zero-order valence-electron chi connectivity index (χ0n) is 15.3. The van der Waals surface area contributed by atoms with Gasteiger partial charge in [0.2, 0.25) is 0 Å². The van der Waals surface area contributed by atoms with E-state index in [9.17, 15) is 5.11 Å². The highest BCUT2D eigenvalue weighted by atomic mass is 16.5. The van der Waals surface area contributed by atoms with Crippen LogP contribution in [0.25, 0.3) is 0 Å². The number of hydrogen-bond donors (Lipinski definition) is 1. The second-order valence-electron chi connectivity index (χ2n) is 7.51. The first-order valence-corrected chi connectivity index (χ1v) is 9.53. The van der Waals surface area contributed by atoms with Crippen LogP contribution in [0, 0.1) is 5.92 Å². The molecule has 0 radical (unpaired) electrons. The number of benzene rings is 1. The van der Waals surface area contributed by atoms with E-state index in [4.69, 9.17) is 9.26 Å². The Morgan fingerprint density at radius 2 is 2.08 bits per heavy atom. The fraction of sp³-hybridized carbons (Fsp3) is 0.600. The summed E-state index contributed by atoms with van der Waals surface area (Å²) in [5.41, 5.74) is 0.319. The first-order valence-electron chi connectivity index (χ1n) is 9.53. The molecule has 26 heavy (non-hydrogen) atoms. The quantitative estimate of drug-likeness (QED) is 0.887. The molecule has 1 aromatic heterocycles. The Kier molecular flexibility index (Phi) is 5.07. The average Bonchev–Trinajstić information content (AvgIpc) is 3.12. The predicted molar refractivity (Wildman–Crippen MR) is 96.1 cm³/mol. The van der Waals surface area contributed by atoms with E-state index in [2.05, 4.69) is 27.2 Å². The highest BCUT2D eigenvalue weighted by Gasteiger charge is 2.49. The van der Waals surface area contributed by atoms with Gasteiger partial charge in [-0.3, -0.25) is 4.90 Å². The van der Waals surface area contributed by atoms with E-state index < -0.39 is 5.60 Å². The van der Waals surface area contributed by atoms with Crippen LogP contribution in [0.1, 0.15) is 49.4 Å². The van der Waals surface area contributed by atoms with E-state index in [1.807, 2.05) is 18.2 Å². The van der Waals surface area contributed by atoms with Crippen LogP contribution in [-0.2, 0) is 23.5 Å². The molecule has 1 aromatic carbocycles. The molecule has 0 unspecified atom stereocenters. The maximum atomic E-state index is 11.6. The zero-order valence-corrected chi connectivity index (χ0v) is 15.3. The Morgan fingerprint density at radius 1 is 1.27 bits per heavy atom. The molecule has 1 saturated heterocycles. The van der Waals surface area contributed by atoms with E-state index in [1.165, 1.54) is 12.8 Å². The molecule has 0 amide bonds. The fourth-order valence-corrected chi connectivity index (χ4v) is 4.77. The van der Waals surface area contributed by atoms with Gasteiger partial charge in [-0.25, -0.2) is 0 Å². The van der Waals surface area contributed by atoms with Crippen LogP contribution in [0.15, 0.2) is 34.9 Å². The van der Waals surface area contributed by atoms with Crippen molar-refractivity contribution in [3.05, 3.63) is 47.6 Å². The third-order valence-electron chi connectivity index (χ3n) is 5.99. The SMILES string of the molecule is COCc1nc(CN2CC[C@@](O)(c3ccccc3)[C@H]3CCCC[C@@H]32)no1. The summed E-state index contributed by atoms with van der Waals surface area (Å²) in [7, 11) is 1.62. The number of fused-ring (bicyclic) bond motifs is 1. The molecule has 140 valence electrons. The average molecular weight is 357 g/mol. The minimum atomic E-state index is -0.735. The number of rotatable bonds is 5. The van der Waals surface area contributed by atoms with Crippen LogP contribution >= 0.6 is 0 Å². The van der Waals surface area contributed by atoms with Crippen molar-refractivity contribution >= 4 is 0 Å². The largest absolute Gasteiger partial charge is 0.385 e. The van der Waals surface area contributed by atoms with Gasteiger partial charge in [0.05, 0.1) is 12.1 Å². The number of aliphatic hydroxyl groups is 1. The number of nitrogens with zero attached hydrogens (tertiary/aromatic N) is 3. The molecule has 2 heterocycles. The highest BCUT2D eigenvalue weighted by Crippen LogP contribution is 2.47. The highest BCUT2D eigenvalue weighted by molar-refractivity contribution is 5.25. The normalized spacial score (nSPS) is 29.5. The summed E-state index contributed by atoms with van der Waals surface area (Å²) in [5, 5.41) is 15.7. The first-order chi connectivity index (χ1) is 12.7. The Labute approximate surface area is 154 Å². The van der Waals surface area contributed by atoms with Crippen LogP contribution in [-0.4, -0.2) is 39.8 Å². The maximum Gasteiger partial charge on any atom is 0.252 e. The number of ether oxygens (including phenoxy) is 1. The summed E-state index contributed by atoms with van der Waals surface area (Å²) in [6, 6.07) is 10.5. The van der Waals surface area contributed by atoms with Gasteiger partial charge in [-0.2, -0.15) is 4.98 Å². The van der Waals surface area contributed by atoms with Gasteiger partial charge in [-0.1, -0.05) is 48.3 Å². The smallest absolute Gasteiger partial charge is 0.252 e. The second kappa shape index (κ2) is 7.47. The summed E-state index contributed by atoms with van der Waals surface area (Å²) in [6.45, 7) is 1.84. The lowest BCUT2D eigenvalue weighted by atomic mass is 9.66. The molecule has 1 N–H and O–H groups in total.